The number of rotatable bonds is 5. The number of hydrogen-bond acceptors (Lipinski definition) is 2. The van der Waals surface area contributed by atoms with E-state index < -0.39 is 0 Å². The number of hydrogen-bond donors (Lipinski definition) is 1. The fraction of sp³-hybridized carbons (Fsp3) is 0.381. The van der Waals surface area contributed by atoms with E-state index in [1.54, 1.807) is 24.3 Å². The second-order valence-electron chi connectivity index (χ2n) is 7.03. The zero-order valence-corrected chi connectivity index (χ0v) is 16.0. The maximum absolute atomic E-state index is 13.9. The maximum atomic E-state index is 13.9. The predicted molar refractivity (Wildman–Crippen MR) is 102 cm³/mol. The fourth-order valence-corrected chi connectivity index (χ4v) is 3.65. The Bertz CT molecular complexity index is 769. The van der Waals surface area contributed by atoms with Gasteiger partial charge in [0.05, 0.1) is 6.04 Å². The molecule has 144 valence electrons. The second kappa shape index (κ2) is 8.81. The summed E-state index contributed by atoms with van der Waals surface area (Å²) in [6.07, 6.45) is 1.43. The molecule has 0 spiro atoms. The summed E-state index contributed by atoms with van der Waals surface area (Å²) in [5.74, 6) is -0.647. The summed E-state index contributed by atoms with van der Waals surface area (Å²) in [5, 5.41) is 3.44. The van der Waals surface area contributed by atoms with E-state index in [1.807, 2.05) is 6.92 Å². The van der Waals surface area contributed by atoms with Crippen LogP contribution in [-0.2, 0) is 11.3 Å². The quantitative estimate of drug-likeness (QED) is 0.799. The predicted octanol–water partition coefficient (Wildman–Crippen LogP) is 4.71. The number of halogens is 3. The molecule has 27 heavy (non-hydrogen) atoms. The fourth-order valence-electron chi connectivity index (χ4n) is 3.43. The number of likely N-dealkylation sites (tertiary alicyclic amines) is 1. The van der Waals surface area contributed by atoms with Crippen LogP contribution in [0, 0.1) is 17.6 Å². The van der Waals surface area contributed by atoms with E-state index in [0.717, 1.165) is 5.56 Å². The molecule has 1 aliphatic heterocycles. The lowest BCUT2D eigenvalue weighted by Crippen LogP contribution is -2.41. The highest BCUT2D eigenvalue weighted by molar-refractivity contribution is 6.31. The summed E-state index contributed by atoms with van der Waals surface area (Å²) in [7, 11) is 0. The molecule has 2 aromatic rings. The molecule has 1 unspecified atom stereocenters. The van der Waals surface area contributed by atoms with Crippen molar-refractivity contribution in [2.75, 3.05) is 13.1 Å². The van der Waals surface area contributed by atoms with E-state index in [1.165, 1.54) is 18.2 Å². The van der Waals surface area contributed by atoms with Gasteiger partial charge in [-0.1, -0.05) is 29.8 Å². The standard InChI is InChI=1S/C21H23ClF2N2O/c1-14(15-5-7-17(23)8-6-15)25-21(27)16-9-11-26(12-10-16)13-18-19(22)3-2-4-20(18)24/h2-8,14,16H,9-13H2,1H3,(H,25,27). The zero-order valence-electron chi connectivity index (χ0n) is 15.2. The van der Waals surface area contributed by atoms with Crippen molar-refractivity contribution >= 4 is 17.5 Å². The summed E-state index contributed by atoms with van der Waals surface area (Å²) in [6, 6.07) is 10.7. The first-order chi connectivity index (χ1) is 12.9. The molecule has 0 radical (unpaired) electrons. The van der Waals surface area contributed by atoms with Crippen LogP contribution < -0.4 is 5.32 Å². The summed E-state index contributed by atoms with van der Waals surface area (Å²) < 4.78 is 27.0. The molecule has 1 N–H and O–H groups in total. The van der Waals surface area contributed by atoms with Crippen molar-refractivity contribution in [1.82, 2.24) is 10.2 Å². The van der Waals surface area contributed by atoms with Crippen LogP contribution in [0.2, 0.25) is 5.02 Å². The summed E-state index contributed by atoms with van der Waals surface area (Å²) in [5.41, 5.74) is 1.38. The Morgan fingerprint density at radius 1 is 1.19 bits per heavy atom. The molecular weight excluding hydrogens is 370 g/mol. The molecule has 6 heteroatoms. The van der Waals surface area contributed by atoms with Gasteiger partial charge in [-0.15, -0.1) is 0 Å². The van der Waals surface area contributed by atoms with E-state index in [2.05, 4.69) is 10.2 Å². The zero-order chi connectivity index (χ0) is 19.4. The normalized spacial score (nSPS) is 16.9. The molecule has 0 aliphatic carbocycles. The number of amides is 1. The van der Waals surface area contributed by atoms with E-state index in [-0.39, 0.29) is 29.5 Å². The van der Waals surface area contributed by atoms with Crippen LogP contribution in [0.4, 0.5) is 8.78 Å². The van der Waals surface area contributed by atoms with Gasteiger partial charge in [-0.25, -0.2) is 8.78 Å². The maximum Gasteiger partial charge on any atom is 0.223 e. The van der Waals surface area contributed by atoms with Crippen molar-refractivity contribution in [3.63, 3.8) is 0 Å². The first-order valence-corrected chi connectivity index (χ1v) is 9.53. The van der Waals surface area contributed by atoms with Gasteiger partial charge in [-0.05, 0) is 62.7 Å². The van der Waals surface area contributed by atoms with Gasteiger partial charge in [-0.2, -0.15) is 0 Å². The molecule has 2 aromatic carbocycles. The molecule has 1 saturated heterocycles. The lowest BCUT2D eigenvalue weighted by Gasteiger charge is -2.32. The van der Waals surface area contributed by atoms with Gasteiger partial charge in [-0.3, -0.25) is 9.69 Å². The van der Waals surface area contributed by atoms with Gasteiger partial charge >= 0.3 is 0 Å². The third kappa shape index (κ3) is 5.05. The Balaban J connectivity index is 1.51. The molecule has 0 bridgehead atoms. The number of nitrogens with zero attached hydrogens (tertiary/aromatic N) is 1. The summed E-state index contributed by atoms with van der Waals surface area (Å²) in [6.45, 7) is 3.77. The van der Waals surface area contributed by atoms with Crippen LogP contribution in [0.3, 0.4) is 0 Å². The van der Waals surface area contributed by atoms with Crippen molar-refractivity contribution in [2.45, 2.75) is 32.4 Å². The second-order valence-corrected chi connectivity index (χ2v) is 7.44. The highest BCUT2D eigenvalue weighted by Gasteiger charge is 2.26. The molecule has 3 nitrogen and oxygen atoms in total. The summed E-state index contributed by atoms with van der Waals surface area (Å²) >= 11 is 6.10. The Kier molecular flexibility index (Phi) is 6.45. The highest BCUT2D eigenvalue weighted by atomic mass is 35.5. The highest BCUT2D eigenvalue weighted by Crippen LogP contribution is 2.25. The van der Waals surface area contributed by atoms with Crippen LogP contribution >= 0.6 is 11.6 Å². The first kappa shape index (κ1) is 19.8. The van der Waals surface area contributed by atoms with Gasteiger partial charge in [0.15, 0.2) is 0 Å². The largest absolute Gasteiger partial charge is 0.349 e. The molecule has 1 heterocycles. The number of nitrogens with one attached hydrogen (secondary N) is 1. The molecule has 3 rings (SSSR count). The van der Waals surface area contributed by atoms with Gasteiger partial charge in [0.25, 0.3) is 0 Å². The van der Waals surface area contributed by atoms with E-state index in [0.29, 0.717) is 43.1 Å². The molecule has 1 amide bonds. The third-order valence-electron chi connectivity index (χ3n) is 5.13. The van der Waals surface area contributed by atoms with Gasteiger partial charge in [0, 0.05) is 23.0 Å². The number of carbonyl (C=O) groups excluding carboxylic acids is 1. The van der Waals surface area contributed by atoms with E-state index >= 15 is 0 Å². The lowest BCUT2D eigenvalue weighted by molar-refractivity contribution is -0.127. The lowest BCUT2D eigenvalue weighted by atomic mass is 9.94. The Morgan fingerprint density at radius 3 is 2.48 bits per heavy atom. The molecule has 1 fully saturated rings. The molecular formula is C21H23ClF2N2O. The van der Waals surface area contributed by atoms with E-state index in [9.17, 15) is 13.6 Å². The van der Waals surface area contributed by atoms with Crippen LogP contribution in [0.5, 0.6) is 0 Å². The van der Waals surface area contributed by atoms with E-state index in [4.69, 9.17) is 11.6 Å². The third-order valence-corrected chi connectivity index (χ3v) is 5.48. The topological polar surface area (TPSA) is 32.3 Å². The van der Waals surface area contributed by atoms with Gasteiger partial charge in [0.1, 0.15) is 11.6 Å². The minimum absolute atomic E-state index is 0.00963. The van der Waals surface area contributed by atoms with Crippen molar-refractivity contribution in [3.8, 4) is 0 Å². The van der Waals surface area contributed by atoms with Crippen molar-refractivity contribution < 1.29 is 13.6 Å². The first-order valence-electron chi connectivity index (χ1n) is 9.15. The monoisotopic (exact) mass is 392 g/mol. The number of piperidine rings is 1. The molecule has 1 aliphatic rings. The SMILES string of the molecule is CC(NC(=O)C1CCN(Cc2c(F)cccc2Cl)CC1)c1ccc(F)cc1. The van der Waals surface area contributed by atoms with Gasteiger partial charge in [0.2, 0.25) is 5.91 Å². The summed E-state index contributed by atoms with van der Waals surface area (Å²) in [4.78, 5) is 14.7. The van der Waals surface area contributed by atoms with Gasteiger partial charge < -0.3 is 5.32 Å². The van der Waals surface area contributed by atoms with Crippen LogP contribution in [0.25, 0.3) is 0 Å². The van der Waals surface area contributed by atoms with Crippen LogP contribution in [-0.4, -0.2) is 23.9 Å². The smallest absolute Gasteiger partial charge is 0.223 e. The minimum atomic E-state index is -0.296. The Hall–Kier alpha value is -1.98. The average molecular weight is 393 g/mol. The van der Waals surface area contributed by atoms with Crippen LogP contribution in [0.1, 0.15) is 36.9 Å². The number of benzene rings is 2. The van der Waals surface area contributed by atoms with Crippen LogP contribution in [0.15, 0.2) is 42.5 Å². The average Bonchev–Trinajstić information content (AvgIpc) is 2.66. The molecule has 0 aromatic heterocycles. The number of carbonyl (C=O) groups is 1. The minimum Gasteiger partial charge on any atom is -0.349 e. The van der Waals surface area contributed by atoms with Crippen molar-refractivity contribution in [2.24, 2.45) is 5.92 Å². The molecule has 1 atom stereocenters. The van der Waals surface area contributed by atoms with Crippen molar-refractivity contribution in [3.05, 3.63) is 70.2 Å². The van der Waals surface area contributed by atoms with Crippen molar-refractivity contribution in [1.29, 1.82) is 0 Å². The molecule has 0 saturated carbocycles. The Labute approximate surface area is 163 Å². The Morgan fingerprint density at radius 2 is 1.85 bits per heavy atom.